The molecule has 0 spiro atoms. The summed E-state index contributed by atoms with van der Waals surface area (Å²) in [6.07, 6.45) is 2.55. The average molecular weight is 259 g/mol. The largest absolute Gasteiger partial charge is 0.495 e. The van der Waals surface area contributed by atoms with E-state index in [1.54, 1.807) is 7.11 Å². The fourth-order valence-electron chi connectivity index (χ4n) is 2.59. The Kier molecular flexibility index (Phi) is 4.78. The summed E-state index contributed by atoms with van der Waals surface area (Å²) in [6, 6.07) is 8.54. The van der Waals surface area contributed by atoms with Crippen molar-refractivity contribution in [3.8, 4) is 11.8 Å². The van der Waals surface area contributed by atoms with Gasteiger partial charge in [-0.3, -0.25) is 0 Å². The molecule has 1 aromatic carbocycles. The van der Waals surface area contributed by atoms with Gasteiger partial charge in [0.1, 0.15) is 11.8 Å². The number of nitrogens with one attached hydrogen (secondary N) is 1. The summed E-state index contributed by atoms with van der Waals surface area (Å²) in [5, 5.41) is 12.5. The number of hydrogen-bond acceptors (Lipinski definition) is 4. The molecule has 1 N–H and O–H groups in total. The van der Waals surface area contributed by atoms with Crippen molar-refractivity contribution >= 4 is 0 Å². The molecule has 19 heavy (non-hydrogen) atoms. The van der Waals surface area contributed by atoms with E-state index in [9.17, 15) is 0 Å². The van der Waals surface area contributed by atoms with Crippen LogP contribution in [0.1, 0.15) is 24.0 Å². The molecule has 0 bridgehead atoms. The Morgan fingerprint density at radius 3 is 3.00 bits per heavy atom. The maximum absolute atomic E-state index is 8.96. The third kappa shape index (κ3) is 3.69. The fraction of sp³-hybridized carbons (Fsp3) is 0.533. The molecule has 1 fully saturated rings. The van der Waals surface area contributed by atoms with Crippen LogP contribution in [0.15, 0.2) is 18.2 Å². The first-order valence-corrected chi connectivity index (χ1v) is 6.72. The van der Waals surface area contributed by atoms with Gasteiger partial charge in [-0.15, -0.1) is 0 Å². The Bertz CT molecular complexity index is 461. The van der Waals surface area contributed by atoms with Gasteiger partial charge in [0.05, 0.1) is 12.7 Å². The van der Waals surface area contributed by atoms with Crippen molar-refractivity contribution in [2.45, 2.75) is 25.4 Å². The lowest BCUT2D eigenvalue weighted by Crippen LogP contribution is -2.34. The van der Waals surface area contributed by atoms with Crippen LogP contribution >= 0.6 is 0 Å². The number of hydrogen-bond donors (Lipinski definition) is 1. The molecule has 102 valence electrons. The molecule has 1 aliphatic rings. The van der Waals surface area contributed by atoms with Gasteiger partial charge in [0, 0.05) is 19.1 Å². The van der Waals surface area contributed by atoms with Gasteiger partial charge >= 0.3 is 0 Å². The van der Waals surface area contributed by atoms with Crippen LogP contribution in [-0.4, -0.2) is 38.2 Å². The molecule has 1 atom stereocenters. The number of ether oxygens (including phenoxy) is 1. The van der Waals surface area contributed by atoms with Gasteiger partial charge < -0.3 is 15.0 Å². The van der Waals surface area contributed by atoms with E-state index in [4.69, 9.17) is 10.00 Å². The lowest BCUT2D eigenvalue weighted by molar-refractivity contribution is 0.292. The maximum atomic E-state index is 8.96. The first kappa shape index (κ1) is 13.9. The van der Waals surface area contributed by atoms with Crippen LogP contribution in [0.4, 0.5) is 0 Å². The highest BCUT2D eigenvalue weighted by atomic mass is 16.5. The Hall–Kier alpha value is -1.57. The minimum absolute atomic E-state index is 0.589. The van der Waals surface area contributed by atoms with Gasteiger partial charge in [0.2, 0.25) is 0 Å². The number of benzene rings is 1. The molecule has 1 aromatic rings. The predicted octanol–water partition coefficient (Wildman–Crippen LogP) is 1.75. The summed E-state index contributed by atoms with van der Waals surface area (Å²) in [7, 11) is 3.73. The Morgan fingerprint density at radius 2 is 2.37 bits per heavy atom. The zero-order chi connectivity index (χ0) is 13.7. The van der Waals surface area contributed by atoms with Crippen molar-refractivity contribution in [1.82, 2.24) is 10.2 Å². The quantitative estimate of drug-likeness (QED) is 0.875. The molecular weight excluding hydrogens is 238 g/mol. The van der Waals surface area contributed by atoms with E-state index in [1.807, 2.05) is 18.2 Å². The maximum Gasteiger partial charge on any atom is 0.136 e. The highest BCUT2D eigenvalue weighted by Crippen LogP contribution is 2.20. The van der Waals surface area contributed by atoms with Crippen LogP contribution in [0, 0.1) is 11.3 Å². The van der Waals surface area contributed by atoms with E-state index in [0.717, 1.165) is 19.6 Å². The van der Waals surface area contributed by atoms with E-state index in [0.29, 0.717) is 17.4 Å². The third-order valence-electron chi connectivity index (χ3n) is 3.53. The molecule has 1 unspecified atom stereocenters. The smallest absolute Gasteiger partial charge is 0.136 e. The third-order valence-corrected chi connectivity index (χ3v) is 3.53. The molecule has 0 aliphatic carbocycles. The minimum Gasteiger partial charge on any atom is -0.495 e. The van der Waals surface area contributed by atoms with Gasteiger partial charge in [0.25, 0.3) is 0 Å². The standard InChI is InChI=1S/C15H21N3O/c1-18(11-14-4-3-7-17-14)10-12-5-6-13(9-16)15(8-12)19-2/h5-6,8,14,17H,3-4,7,10-11H2,1-2H3. The van der Waals surface area contributed by atoms with Crippen LogP contribution in [-0.2, 0) is 6.54 Å². The molecule has 2 rings (SSSR count). The van der Waals surface area contributed by atoms with Gasteiger partial charge in [-0.2, -0.15) is 5.26 Å². The minimum atomic E-state index is 0.589. The molecule has 0 amide bonds. The number of likely N-dealkylation sites (N-methyl/N-ethyl adjacent to an activating group) is 1. The molecule has 4 nitrogen and oxygen atoms in total. The second-order valence-corrected chi connectivity index (χ2v) is 5.14. The van der Waals surface area contributed by atoms with Crippen molar-refractivity contribution in [2.75, 3.05) is 27.2 Å². The summed E-state index contributed by atoms with van der Waals surface area (Å²) in [5.41, 5.74) is 1.77. The first-order valence-electron chi connectivity index (χ1n) is 6.72. The molecule has 4 heteroatoms. The SMILES string of the molecule is COc1cc(CN(C)CC2CCCN2)ccc1C#N. The summed E-state index contributed by atoms with van der Waals surface area (Å²) in [6.45, 7) is 3.08. The fourth-order valence-corrected chi connectivity index (χ4v) is 2.59. The normalized spacial score (nSPS) is 18.5. The summed E-state index contributed by atoms with van der Waals surface area (Å²) in [4.78, 5) is 2.31. The van der Waals surface area contributed by atoms with Crippen molar-refractivity contribution in [2.24, 2.45) is 0 Å². The molecule has 1 saturated heterocycles. The van der Waals surface area contributed by atoms with Crippen molar-refractivity contribution in [3.05, 3.63) is 29.3 Å². The van der Waals surface area contributed by atoms with Crippen LogP contribution in [0.2, 0.25) is 0 Å². The van der Waals surface area contributed by atoms with Gasteiger partial charge in [-0.05, 0) is 44.1 Å². The number of rotatable bonds is 5. The van der Waals surface area contributed by atoms with E-state index in [1.165, 1.54) is 18.4 Å². The number of nitriles is 1. The predicted molar refractivity (Wildman–Crippen MR) is 75.1 cm³/mol. The molecule has 0 radical (unpaired) electrons. The van der Waals surface area contributed by atoms with E-state index >= 15 is 0 Å². The summed E-state index contributed by atoms with van der Waals surface area (Å²) >= 11 is 0. The lowest BCUT2D eigenvalue weighted by Gasteiger charge is -2.21. The van der Waals surface area contributed by atoms with Crippen LogP contribution in [0.5, 0.6) is 5.75 Å². The van der Waals surface area contributed by atoms with E-state index in [2.05, 4.69) is 23.3 Å². The highest BCUT2D eigenvalue weighted by Gasteiger charge is 2.16. The molecular formula is C15H21N3O. The van der Waals surface area contributed by atoms with Crippen LogP contribution < -0.4 is 10.1 Å². The zero-order valence-corrected chi connectivity index (χ0v) is 11.6. The molecule has 0 aromatic heterocycles. The van der Waals surface area contributed by atoms with Gasteiger partial charge in [0.15, 0.2) is 0 Å². The Labute approximate surface area is 115 Å². The second-order valence-electron chi connectivity index (χ2n) is 5.14. The average Bonchev–Trinajstić information content (AvgIpc) is 2.91. The molecule has 0 saturated carbocycles. The topological polar surface area (TPSA) is 48.3 Å². The second kappa shape index (κ2) is 6.55. The zero-order valence-electron chi connectivity index (χ0n) is 11.6. The monoisotopic (exact) mass is 259 g/mol. The Balaban J connectivity index is 1.96. The van der Waals surface area contributed by atoms with Crippen LogP contribution in [0.25, 0.3) is 0 Å². The summed E-state index contributed by atoms with van der Waals surface area (Å²) < 4.78 is 5.24. The highest BCUT2D eigenvalue weighted by molar-refractivity contribution is 5.45. The number of methoxy groups -OCH3 is 1. The molecule has 1 aliphatic heterocycles. The first-order chi connectivity index (χ1) is 9.22. The van der Waals surface area contributed by atoms with Crippen molar-refractivity contribution in [1.29, 1.82) is 5.26 Å². The van der Waals surface area contributed by atoms with E-state index in [-0.39, 0.29) is 0 Å². The van der Waals surface area contributed by atoms with Gasteiger partial charge in [-0.1, -0.05) is 6.07 Å². The van der Waals surface area contributed by atoms with Crippen molar-refractivity contribution < 1.29 is 4.74 Å². The number of nitrogens with zero attached hydrogens (tertiary/aromatic N) is 2. The van der Waals surface area contributed by atoms with Gasteiger partial charge in [-0.25, -0.2) is 0 Å². The Morgan fingerprint density at radius 1 is 1.53 bits per heavy atom. The van der Waals surface area contributed by atoms with Crippen LogP contribution in [0.3, 0.4) is 0 Å². The molecule has 1 heterocycles. The van der Waals surface area contributed by atoms with Crippen molar-refractivity contribution in [3.63, 3.8) is 0 Å². The van der Waals surface area contributed by atoms with E-state index < -0.39 is 0 Å². The summed E-state index contributed by atoms with van der Waals surface area (Å²) in [5.74, 6) is 0.660. The lowest BCUT2D eigenvalue weighted by atomic mass is 10.1.